The minimum absolute atomic E-state index is 0.150. The number of anilines is 2. The lowest BCUT2D eigenvalue weighted by Crippen LogP contribution is -2.38. The summed E-state index contributed by atoms with van der Waals surface area (Å²) >= 11 is 0. The molecule has 4 heterocycles. The first-order valence-electron chi connectivity index (χ1n) is 12.9. The summed E-state index contributed by atoms with van der Waals surface area (Å²) in [6, 6.07) is 6.87. The average Bonchev–Trinajstić information content (AvgIpc) is 3.78. The number of fused-ring (bicyclic) bond motifs is 2. The van der Waals surface area contributed by atoms with E-state index < -0.39 is 0 Å². The average molecular weight is 457 g/mol. The molecule has 0 bridgehead atoms. The Morgan fingerprint density at radius 3 is 2.76 bits per heavy atom. The molecule has 34 heavy (non-hydrogen) atoms. The second-order valence-corrected chi connectivity index (χ2v) is 10.6. The molecule has 2 aliphatic heterocycles. The highest BCUT2D eigenvalue weighted by Crippen LogP contribution is 2.44. The number of carbonyl (C=O) groups is 1. The maximum Gasteiger partial charge on any atom is 0.219 e. The van der Waals surface area contributed by atoms with Crippen LogP contribution >= 0.6 is 0 Å². The molecule has 0 radical (unpaired) electrons. The van der Waals surface area contributed by atoms with E-state index >= 15 is 0 Å². The highest BCUT2D eigenvalue weighted by Gasteiger charge is 2.36. The topological polar surface area (TPSA) is 59.2 Å². The summed E-state index contributed by atoms with van der Waals surface area (Å²) in [6.07, 6.45) is 11.6. The first-order chi connectivity index (χ1) is 16.6. The van der Waals surface area contributed by atoms with Crippen molar-refractivity contribution < 1.29 is 4.79 Å². The quantitative estimate of drug-likeness (QED) is 0.568. The van der Waals surface area contributed by atoms with Gasteiger partial charge in [-0.2, -0.15) is 5.10 Å². The van der Waals surface area contributed by atoms with E-state index in [9.17, 15) is 4.79 Å². The molecular formula is C27H32N6O. The fraction of sp³-hybridized carbons (Fsp3) is 0.519. The zero-order chi connectivity index (χ0) is 22.8. The number of aromatic nitrogens is 4. The number of carbonyl (C=O) groups excluding carboxylic acids is 1. The van der Waals surface area contributed by atoms with Gasteiger partial charge in [0.1, 0.15) is 5.82 Å². The molecule has 2 saturated carbocycles. The van der Waals surface area contributed by atoms with Crippen LogP contribution in [0, 0.1) is 5.92 Å². The summed E-state index contributed by atoms with van der Waals surface area (Å²) in [5.74, 6) is 3.87. The SMILES string of the molecule is CC(=O)N1CCn2c(C3CC3)nc(N3CCCc4cc(-c5cnn(CC6CC6)c5)ccc43)c2C1. The van der Waals surface area contributed by atoms with Gasteiger partial charge in [-0.1, -0.05) is 6.07 Å². The maximum atomic E-state index is 12.2. The van der Waals surface area contributed by atoms with Crippen LogP contribution in [-0.2, 0) is 30.8 Å². The minimum atomic E-state index is 0.150. The van der Waals surface area contributed by atoms with Crippen molar-refractivity contribution in [2.75, 3.05) is 18.0 Å². The van der Waals surface area contributed by atoms with Crippen molar-refractivity contribution in [2.45, 2.75) is 71.0 Å². The van der Waals surface area contributed by atoms with Gasteiger partial charge in [-0.3, -0.25) is 9.48 Å². The first kappa shape index (κ1) is 20.3. The van der Waals surface area contributed by atoms with E-state index in [1.807, 2.05) is 11.1 Å². The molecule has 3 aromatic rings. The molecule has 2 aliphatic carbocycles. The van der Waals surface area contributed by atoms with Gasteiger partial charge in [0.25, 0.3) is 0 Å². The summed E-state index contributed by atoms with van der Waals surface area (Å²) in [5.41, 5.74) is 6.31. The molecule has 1 aromatic carbocycles. The fourth-order valence-corrected chi connectivity index (χ4v) is 5.69. The molecule has 0 N–H and O–H groups in total. The van der Waals surface area contributed by atoms with E-state index in [0.29, 0.717) is 12.5 Å². The van der Waals surface area contributed by atoms with Gasteiger partial charge in [0.2, 0.25) is 5.91 Å². The van der Waals surface area contributed by atoms with Gasteiger partial charge in [-0.25, -0.2) is 4.98 Å². The Kier molecular flexibility index (Phi) is 4.61. The monoisotopic (exact) mass is 456 g/mol. The van der Waals surface area contributed by atoms with Crippen LogP contribution < -0.4 is 4.90 Å². The van der Waals surface area contributed by atoms with E-state index in [4.69, 9.17) is 4.98 Å². The molecule has 7 heteroatoms. The Morgan fingerprint density at radius 2 is 1.97 bits per heavy atom. The molecule has 0 spiro atoms. The lowest BCUT2D eigenvalue weighted by atomic mass is 9.97. The standard InChI is InChI=1S/C27H32N6O/c1-18(34)30-11-12-33-25(17-30)27(29-26(33)20-6-7-20)32-10-2-3-22-13-21(8-9-24(22)32)23-14-28-31(16-23)15-19-4-5-19/h8-9,13-14,16,19-20H,2-7,10-12,15,17H2,1H3. The lowest BCUT2D eigenvalue weighted by molar-refractivity contribution is -0.130. The third-order valence-corrected chi connectivity index (χ3v) is 7.97. The second kappa shape index (κ2) is 7.72. The van der Waals surface area contributed by atoms with Crippen LogP contribution in [0.25, 0.3) is 11.1 Å². The number of hydrogen-bond acceptors (Lipinski definition) is 4. The van der Waals surface area contributed by atoms with Gasteiger partial charge in [0.05, 0.1) is 18.4 Å². The number of aryl methyl sites for hydroxylation is 1. The Morgan fingerprint density at radius 1 is 1.09 bits per heavy atom. The predicted molar refractivity (Wildman–Crippen MR) is 131 cm³/mol. The number of amides is 1. The van der Waals surface area contributed by atoms with Crippen LogP contribution in [-0.4, -0.2) is 43.2 Å². The van der Waals surface area contributed by atoms with Crippen LogP contribution in [0.1, 0.15) is 62.0 Å². The summed E-state index contributed by atoms with van der Waals surface area (Å²) in [6.45, 7) is 6.00. The number of imidazole rings is 1. The van der Waals surface area contributed by atoms with Crippen LogP contribution in [0.15, 0.2) is 30.6 Å². The molecule has 0 saturated heterocycles. The Hall–Kier alpha value is -3.09. The molecule has 4 aliphatic rings. The van der Waals surface area contributed by atoms with Gasteiger partial charge < -0.3 is 14.4 Å². The highest BCUT2D eigenvalue weighted by molar-refractivity contribution is 5.75. The third kappa shape index (κ3) is 3.53. The van der Waals surface area contributed by atoms with Crippen LogP contribution in [0.2, 0.25) is 0 Å². The molecule has 2 aromatic heterocycles. The lowest BCUT2D eigenvalue weighted by Gasteiger charge is -2.33. The normalized spacial score (nSPS) is 19.8. The zero-order valence-electron chi connectivity index (χ0n) is 19.9. The summed E-state index contributed by atoms with van der Waals surface area (Å²) in [4.78, 5) is 21.8. The molecule has 0 atom stereocenters. The van der Waals surface area contributed by atoms with Gasteiger partial charge >= 0.3 is 0 Å². The molecular weight excluding hydrogens is 424 g/mol. The summed E-state index contributed by atoms with van der Waals surface area (Å²) < 4.78 is 4.53. The molecule has 2 fully saturated rings. The molecule has 1 amide bonds. The smallest absolute Gasteiger partial charge is 0.219 e. The Balaban J connectivity index is 1.23. The number of hydrogen-bond donors (Lipinski definition) is 0. The van der Waals surface area contributed by atoms with Crippen molar-refractivity contribution in [3.63, 3.8) is 0 Å². The van der Waals surface area contributed by atoms with Crippen molar-refractivity contribution in [3.8, 4) is 11.1 Å². The van der Waals surface area contributed by atoms with Crippen LogP contribution in [0.4, 0.5) is 11.5 Å². The third-order valence-electron chi connectivity index (χ3n) is 7.97. The number of benzene rings is 1. The summed E-state index contributed by atoms with van der Waals surface area (Å²) in [7, 11) is 0. The van der Waals surface area contributed by atoms with Crippen molar-refractivity contribution in [1.82, 2.24) is 24.2 Å². The van der Waals surface area contributed by atoms with Crippen molar-refractivity contribution >= 4 is 17.4 Å². The van der Waals surface area contributed by atoms with Gasteiger partial charge in [0, 0.05) is 56.5 Å². The van der Waals surface area contributed by atoms with Crippen LogP contribution in [0.5, 0.6) is 0 Å². The van der Waals surface area contributed by atoms with Gasteiger partial charge in [-0.15, -0.1) is 0 Å². The van der Waals surface area contributed by atoms with Crippen molar-refractivity contribution in [2.24, 2.45) is 5.92 Å². The summed E-state index contributed by atoms with van der Waals surface area (Å²) in [5, 5.41) is 4.60. The van der Waals surface area contributed by atoms with Crippen LogP contribution in [0.3, 0.4) is 0 Å². The minimum Gasteiger partial charge on any atom is -0.335 e. The second-order valence-electron chi connectivity index (χ2n) is 10.6. The first-order valence-corrected chi connectivity index (χ1v) is 12.9. The van der Waals surface area contributed by atoms with Crippen molar-refractivity contribution in [3.05, 3.63) is 47.7 Å². The molecule has 7 nitrogen and oxygen atoms in total. The molecule has 0 unspecified atom stereocenters. The Labute approximate surface area is 200 Å². The number of nitrogens with zero attached hydrogens (tertiary/aromatic N) is 6. The zero-order valence-corrected chi connectivity index (χ0v) is 19.9. The molecule has 7 rings (SSSR count). The van der Waals surface area contributed by atoms with E-state index in [1.54, 1.807) is 6.92 Å². The highest BCUT2D eigenvalue weighted by atomic mass is 16.2. The van der Waals surface area contributed by atoms with E-state index in [2.05, 4.69) is 43.6 Å². The van der Waals surface area contributed by atoms with E-state index in [-0.39, 0.29) is 5.91 Å². The Bertz CT molecular complexity index is 1260. The van der Waals surface area contributed by atoms with Gasteiger partial charge in [-0.05, 0) is 67.7 Å². The predicted octanol–water partition coefficient (Wildman–Crippen LogP) is 4.48. The van der Waals surface area contributed by atoms with E-state index in [1.165, 1.54) is 59.6 Å². The molecule has 176 valence electrons. The maximum absolute atomic E-state index is 12.2. The number of rotatable bonds is 5. The van der Waals surface area contributed by atoms with Crippen molar-refractivity contribution in [1.29, 1.82) is 0 Å². The largest absolute Gasteiger partial charge is 0.335 e. The van der Waals surface area contributed by atoms with E-state index in [0.717, 1.165) is 50.8 Å². The fourth-order valence-electron chi connectivity index (χ4n) is 5.69. The van der Waals surface area contributed by atoms with Gasteiger partial charge in [0.15, 0.2) is 5.82 Å².